The summed E-state index contributed by atoms with van der Waals surface area (Å²) >= 11 is 0. The quantitative estimate of drug-likeness (QED) is 0.858. The maximum Gasteiger partial charge on any atom is 0.326 e. The molecule has 0 aromatic heterocycles. The molecular formula is C10H12FNO4S. The van der Waals surface area contributed by atoms with E-state index in [0.29, 0.717) is 0 Å². The Morgan fingerprint density at radius 1 is 1.35 bits per heavy atom. The Kier molecular flexibility index (Phi) is 3.42. The van der Waals surface area contributed by atoms with Crippen LogP contribution in [-0.2, 0) is 14.8 Å². The monoisotopic (exact) mass is 261 g/mol. The number of nitrogens with one attached hydrogen (secondary N) is 1. The normalized spacial score (nSPS) is 12.2. The maximum atomic E-state index is 13.2. The van der Waals surface area contributed by atoms with Crippen LogP contribution < -0.4 is 4.72 Å². The Hall–Kier alpha value is -1.63. The van der Waals surface area contributed by atoms with E-state index in [9.17, 15) is 17.6 Å². The Balaban J connectivity index is 3.12. The molecule has 0 radical (unpaired) electrons. The summed E-state index contributed by atoms with van der Waals surface area (Å²) in [6.45, 7) is 2.05. The summed E-state index contributed by atoms with van der Waals surface area (Å²) in [5, 5.41) is 8.81. The van der Waals surface area contributed by atoms with Gasteiger partial charge in [0.05, 0.1) is 5.69 Å². The summed E-state index contributed by atoms with van der Waals surface area (Å²) in [6.07, 6.45) is 0. The fraction of sp³-hybridized carbons (Fsp3) is 0.300. The van der Waals surface area contributed by atoms with Crippen molar-refractivity contribution in [2.75, 3.05) is 4.72 Å². The Morgan fingerprint density at radius 2 is 1.88 bits per heavy atom. The molecule has 0 fully saturated rings. The molecule has 2 N–H and O–H groups in total. The van der Waals surface area contributed by atoms with Crippen LogP contribution >= 0.6 is 0 Å². The molecule has 1 aromatic carbocycles. The van der Waals surface area contributed by atoms with E-state index in [-0.39, 0.29) is 5.69 Å². The van der Waals surface area contributed by atoms with Crippen molar-refractivity contribution >= 4 is 21.7 Å². The first-order valence-corrected chi connectivity index (χ1v) is 6.17. The third kappa shape index (κ3) is 2.55. The van der Waals surface area contributed by atoms with E-state index in [4.69, 9.17) is 5.11 Å². The van der Waals surface area contributed by atoms with Crippen LogP contribution in [0, 0.1) is 5.82 Å². The Labute approximate surface area is 98.3 Å². The number of hydrogen-bond donors (Lipinski definition) is 2. The van der Waals surface area contributed by atoms with E-state index in [0.717, 1.165) is 19.9 Å². The predicted molar refractivity (Wildman–Crippen MR) is 60.7 cm³/mol. The number of para-hydroxylation sites is 1. The molecular weight excluding hydrogens is 249 g/mol. The number of carboxylic acids is 1. The molecule has 0 aliphatic carbocycles. The number of benzene rings is 1. The van der Waals surface area contributed by atoms with E-state index in [1.165, 1.54) is 18.2 Å². The fourth-order valence-electron chi connectivity index (χ4n) is 0.931. The van der Waals surface area contributed by atoms with Crippen molar-refractivity contribution in [3.05, 3.63) is 30.1 Å². The van der Waals surface area contributed by atoms with Crippen molar-refractivity contribution in [3.8, 4) is 0 Å². The van der Waals surface area contributed by atoms with Gasteiger partial charge in [0.2, 0.25) is 10.0 Å². The molecule has 5 nitrogen and oxygen atoms in total. The number of sulfonamides is 1. The number of carboxylic acid groups (broad SMARTS) is 1. The summed E-state index contributed by atoms with van der Waals surface area (Å²) in [4.78, 5) is 10.8. The lowest BCUT2D eigenvalue weighted by Crippen LogP contribution is -2.44. The molecule has 0 aliphatic heterocycles. The maximum absolute atomic E-state index is 13.2. The topological polar surface area (TPSA) is 83.5 Å². The summed E-state index contributed by atoms with van der Waals surface area (Å²) in [6, 6.07) is 5.13. The molecule has 0 saturated heterocycles. The van der Waals surface area contributed by atoms with Gasteiger partial charge in [-0.25, -0.2) is 12.8 Å². The molecule has 0 unspecified atom stereocenters. The van der Waals surface area contributed by atoms with Gasteiger partial charge in [0.15, 0.2) is 4.75 Å². The minimum absolute atomic E-state index is 0.276. The predicted octanol–water partition coefficient (Wildman–Crippen LogP) is 1.43. The molecule has 0 aliphatic rings. The first-order chi connectivity index (χ1) is 7.68. The minimum Gasteiger partial charge on any atom is -0.480 e. The standard InChI is InChI=1S/C10H12FNO4S/c1-10(2,9(13)14)17(15,16)12-8-6-4-3-5-7(8)11/h3-6,12H,1-2H3,(H,13,14). The zero-order chi connectivity index (χ0) is 13.3. The van der Waals surface area contributed by atoms with Gasteiger partial charge in [0.25, 0.3) is 0 Å². The van der Waals surface area contributed by atoms with Crippen molar-refractivity contribution in [1.82, 2.24) is 0 Å². The van der Waals surface area contributed by atoms with E-state index < -0.39 is 26.6 Å². The van der Waals surface area contributed by atoms with Crippen LogP contribution in [0.5, 0.6) is 0 Å². The van der Waals surface area contributed by atoms with Crippen LogP contribution in [0.2, 0.25) is 0 Å². The first kappa shape index (κ1) is 13.4. The Bertz CT molecular complexity index is 539. The number of hydrogen-bond acceptors (Lipinski definition) is 3. The summed E-state index contributed by atoms with van der Waals surface area (Å²) < 4.78 is 36.6. The van der Waals surface area contributed by atoms with Crippen LogP contribution in [0.15, 0.2) is 24.3 Å². The average molecular weight is 261 g/mol. The number of aliphatic carboxylic acids is 1. The molecule has 1 rings (SSSR count). The van der Waals surface area contributed by atoms with Gasteiger partial charge < -0.3 is 5.11 Å². The van der Waals surface area contributed by atoms with Gasteiger partial charge in [-0.05, 0) is 26.0 Å². The summed E-state index contributed by atoms with van der Waals surface area (Å²) in [5.41, 5.74) is -0.276. The zero-order valence-corrected chi connectivity index (χ0v) is 10.1. The highest BCUT2D eigenvalue weighted by molar-refractivity contribution is 7.94. The lowest BCUT2D eigenvalue weighted by molar-refractivity contribution is -0.139. The van der Waals surface area contributed by atoms with Crippen molar-refractivity contribution in [2.45, 2.75) is 18.6 Å². The smallest absolute Gasteiger partial charge is 0.326 e. The fourth-order valence-corrected chi connectivity index (χ4v) is 1.87. The van der Waals surface area contributed by atoms with Gasteiger partial charge in [0, 0.05) is 0 Å². The lowest BCUT2D eigenvalue weighted by atomic mass is 10.2. The van der Waals surface area contributed by atoms with Gasteiger partial charge >= 0.3 is 5.97 Å². The number of carbonyl (C=O) groups is 1. The minimum atomic E-state index is -4.22. The molecule has 17 heavy (non-hydrogen) atoms. The van der Waals surface area contributed by atoms with Crippen molar-refractivity contribution in [3.63, 3.8) is 0 Å². The molecule has 7 heteroatoms. The number of anilines is 1. The van der Waals surface area contributed by atoms with Crippen LogP contribution in [0.1, 0.15) is 13.8 Å². The lowest BCUT2D eigenvalue weighted by Gasteiger charge is -2.20. The van der Waals surface area contributed by atoms with Gasteiger partial charge in [-0.1, -0.05) is 12.1 Å². The first-order valence-electron chi connectivity index (χ1n) is 4.69. The van der Waals surface area contributed by atoms with Crippen molar-refractivity contribution in [1.29, 1.82) is 0 Å². The van der Waals surface area contributed by atoms with Gasteiger partial charge in [-0.3, -0.25) is 9.52 Å². The van der Waals surface area contributed by atoms with E-state index in [1.807, 2.05) is 4.72 Å². The molecule has 1 aromatic rings. The Morgan fingerprint density at radius 3 is 2.35 bits per heavy atom. The van der Waals surface area contributed by atoms with E-state index >= 15 is 0 Å². The van der Waals surface area contributed by atoms with Crippen LogP contribution in [0.3, 0.4) is 0 Å². The molecule has 0 bridgehead atoms. The summed E-state index contributed by atoms with van der Waals surface area (Å²) in [7, 11) is -4.22. The van der Waals surface area contributed by atoms with Crippen molar-refractivity contribution in [2.24, 2.45) is 0 Å². The third-order valence-corrected chi connectivity index (χ3v) is 4.31. The molecule has 0 saturated carbocycles. The molecule has 0 amide bonds. The molecule has 0 atom stereocenters. The molecule has 0 spiro atoms. The van der Waals surface area contributed by atoms with E-state index in [1.54, 1.807) is 0 Å². The molecule has 0 heterocycles. The zero-order valence-electron chi connectivity index (χ0n) is 9.27. The second-order valence-corrected chi connectivity index (χ2v) is 6.13. The van der Waals surface area contributed by atoms with E-state index in [2.05, 4.69) is 0 Å². The highest BCUT2D eigenvalue weighted by Gasteiger charge is 2.42. The average Bonchev–Trinajstić information content (AvgIpc) is 2.20. The summed E-state index contributed by atoms with van der Waals surface area (Å²) in [5.74, 6) is -2.28. The second kappa shape index (κ2) is 4.33. The van der Waals surface area contributed by atoms with Gasteiger partial charge in [-0.2, -0.15) is 0 Å². The highest BCUT2D eigenvalue weighted by atomic mass is 32.2. The van der Waals surface area contributed by atoms with Crippen LogP contribution in [-0.4, -0.2) is 24.2 Å². The second-order valence-electron chi connectivity index (χ2n) is 3.90. The van der Waals surface area contributed by atoms with Gasteiger partial charge in [-0.15, -0.1) is 0 Å². The third-order valence-electron chi connectivity index (χ3n) is 2.31. The number of rotatable bonds is 4. The van der Waals surface area contributed by atoms with Crippen molar-refractivity contribution < 1.29 is 22.7 Å². The molecule has 94 valence electrons. The number of halogens is 1. The van der Waals surface area contributed by atoms with Gasteiger partial charge in [0.1, 0.15) is 5.82 Å². The van der Waals surface area contributed by atoms with Crippen LogP contribution in [0.25, 0.3) is 0 Å². The highest BCUT2D eigenvalue weighted by Crippen LogP contribution is 2.22. The largest absolute Gasteiger partial charge is 0.480 e. The SMILES string of the molecule is CC(C)(C(=O)O)S(=O)(=O)Nc1ccccc1F. The van der Waals surface area contributed by atoms with Crippen LogP contribution in [0.4, 0.5) is 10.1 Å².